The predicted octanol–water partition coefficient (Wildman–Crippen LogP) is 1.15. The van der Waals surface area contributed by atoms with Crippen LogP contribution in [0.2, 0.25) is 0 Å². The summed E-state index contributed by atoms with van der Waals surface area (Å²) in [5.74, 6) is -0.110. The number of quaternary nitrogens is 1. The topological polar surface area (TPSA) is 70.9 Å². The van der Waals surface area contributed by atoms with Crippen molar-refractivity contribution >= 4 is 21.6 Å². The average molecular weight is 391 g/mol. The van der Waals surface area contributed by atoms with E-state index in [0.717, 1.165) is 22.2 Å². The van der Waals surface area contributed by atoms with Crippen LogP contribution in [0.5, 0.6) is 0 Å². The third-order valence-electron chi connectivity index (χ3n) is 4.32. The number of anilines is 1. The smallest absolute Gasteiger partial charge is 0.279 e. The predicted molar refractivity (Wildman–Crippen MR) is 107 cm³/mol. The summed E-state index contributed by atoms with van der Waals surface area (Å²) in [4.78, 5) is 13.5. The van der Waals surface area contributed by atoms with Gasteiger partial charge >= 0.3 is 0 Å². The molecule has 2 rings (SSSR count). The Balaban J connectivity index is 1.91. The first-order valence-corrected chi connectivity index (χ1v) is 10.4. The summed E-state index contributed by atoms with van der Waals surface area (Å²) < 4.78 is 25.3. The summed E-state index contributed by atoms with van der Waals surface area (Å²) in [6.07, 6.45) is 1.01. The molecule has 0 heterocycles. The van der Waals surface area contributed by atoms with E-state index in [4.69, 9.17) is 0 Å². The quantitative estimate of drug-likeness (QED) is 0.710. The van der Waals surface area contributed by atoms with Crippen LogP contribution >= 0.6 is 0 Å². The second-order valence-corrected chi connectivity index (χ2v) is 8.99. The zero-order chi connectivity index (χ0) is 20.0. The highest BCUT2D eigenvalue weighted by molar-refractivity contribution is 7.89. The molecule has 7 heteroatoms. The zero-order valence-corrected chi connectivity index (χ0v) is 17.1. The molecule has 27 heavy (non-hydrogen) atoms. The fourth-order valence-electron chi connectivity index (χ4n) is 2.70. The maximum absolute atomic E-state index is 12.2. The zero-order valence-electron chi connectivity index (χ0n) is 16.3. The third kappa shape index (κ3) is 5.89. The molecule has 0 aromatic heterocycles. The molecule has 0 saturated heterocycles. The van der Waals surface area contributed by atoms with E-state index in [0.29, 0.717) is 12.2 Å². The molecule has 2 aromatic rings. The van der Waals surface area contributed by atoms with Crippen LogP contribution in [0.4, 0.5) is 5.69 Å². The molecule has 0 aliphatic heterocycles. The van der Waals surface area contributed by atoms with Gasteiger partial charge in [-0.3, -0.25) is 4.79 Å². The van der Waals surface area contributed by atoms with Gasteiger partial charge in [-0.2, -0.15) is 0 Å². The van der Waals surface area contributed by atoms with Crippen molar-refractivity contribution in [3.05, 3.63) is 59.7 Å². The van der Waals surface area contributed by atoms with Gasteiger partial charge in [0.25, 0.3) is 5.91 Å². The first-order valence-electron chi connectivity index (χ1n) is 8.94. The van der Waals surface area contributed by atoms with Crippen LogP contribution < -0.4 is 10.2 Å². The third-order valence-corrected chi connectivity index (χ3v) is 6.15. The molecule has 0 bridgehead atoms. The summed E-state index contributed by atoms with van der Waals surface area (Å²) in [6, 6.07) is 14.6. The molecule has 2 N–H and O–H groups in total. The Bertz CT molecular complexity index is 860. The van der Waals surface area contributed by atoms with Crippen LogP contribution in [0, 0.1) is 0 Å². The monoisotopic (exact) mass is 390 g/mol. The molecule has 1 unspecified atom stereocenters. The summed E-state index contributed by atoms with van der Waals surface area (Å²) in [6.45, 7) is 3.21. The summed E-state index contributed by atoms with van der Waals surface area (Å²) >= 11 is 0. The highest BCUT2D eigenvalue weighted by Gasteiger charge is 2.17. The van der Waals surface area contributed by atoms with Gasteiger partial charge in [0.1, 0.15) is 6.54 Å². The average Bonchev–Trinajstić information content (AvgIpc) is 2.62. The van der Waals surface area contributed by atoms with Crippen molar-refractivity contribution in [3.8, 4) is 0 Å². The van der Waals surface area contributed by atoms with Gasteiger partial charge in [-0.05, 0) is 36.2 Å². The van der Waals surface area contributed by atoms with Crippen molar-refractivity contribution in [2.24, 2.45) is 0 Å². The standard InChI is InChI=1S/C20H27N3O3S/c1-5-16-6-8-17(9-7-16)14-23(4)15-20(24)21-18-10-12-19(13-11-18)27(25,26)22(2)3/h6-13H,5,14-15H2,1-4H3,(H,21,24)/p+1. The lowest BCUT2D eigenvalue weighted by molar-refractivity contribution is -0.885. The maximum atomic E-state index is 12.2. The van der Waals surface area contributed by atoms with E-state index < -0.39 is 10.0 Å². The van der Waals surface area contributed by atoms with E-state index in [-0.39, 0.29) is 10.8 Å². The van der Waals surface area contributed by atoms with Gasteiger partial charge in [-0.25, -0.2) is 12.7 Å². The summed E-state index contributed by atoms with van der Waals surface area (Å²) in [5, 5.41) is 2.82. The van der Waals surface area contributed by atoms with Crippen LogP contribution in [0.25, 0.3) is 0 Å². The van der Waals surface area contributed by atoms with Crippen LogP contribution in [0.15, 0.2) is 53.4 Å². The number of nitrogens with one attached hydrogen (secondary N) is 2. The van der Waals surface area contributed by atoms with Gasteiger partial charge in [0.2, 0.25) is 10.0 Å². The minimum absolute atomic E-state index is 0.110. The number of likely N-dealkylation sites (N-methyl/N-ethyl adjacent to an activating group) is 1. The Morgan fingerprint density at radius 3 is 2.07 bits per heavy atom. The first kappa shape index (κ1) is 21.1. The van der Waals surface area contributed by atoms with Gasteiger partial charge in [0, 0.05) is 25.3 Å². The minimum atomic E-state index is -3.46. The summed E-state index contributed by atoms with van der Waals surface area (Å²) in [5.41, 5.74) is 3.07. The molecule has 6 nitrogen and oxygen atoms in total. The molecule has 0 saturated carbocycles. The van der Waals surface area contributed by atoms with Crippen molar-refractivity contribution in [2.45, 2.75) is 24.8 Å². The lowest BCUT2D eigenvalue weighted by Crippen LogP contribution is -3.08. The number of hydrogen-bond acceptors (Lipinski definition) is 3. The Morgan fingerprint density at radius 2 is 1.56 bits per heavy atom. The largest absolute Gasteiger partial charge is 0.326 e. The minimum Gasteiger partial charge on any atom is -0.326 e. The number of rotatable bonds is 8. The molecule has 0 spiro atoms. The lowest BCUT2D eigenvalue weighted by atomic mass is 10.1. The van der Waals surface area contributed by atoms with Crippen LogP contribution in [-0.2, 0) is 27.8 Å². The SMILES string of the molecule is CCc1ccc(C[NH+](C)CC(=O)Nc2ccc(S(=O)(=O)N(C)C)cc2)cc1. The number of hydrogen-bond donors (Lipinski definition) is 2. The Morgan fingerprint density at radius 1 is 1.00 bits per heavy atom. The number of sulfonamides is 1. The van der Waals surface area contributed by atoms with Crippen molar-refractivity contribution in [1.82, 2.24) is 4.31 Å². The highest BCUT2D eigenvalue weighted by Crippen LogP contribution is 2.16. The molecule has 1 amide bonds. The molecule has 0 fully saturated rings. The van der Waals surface area contributed by atoms with Crippen molar-refractivity contribution in [1.29, 1.82) is 0 Å². The fourth-order valence-corrected chi connectivity index (χ4v) is 3.61. The van der Waals surface area contributed by atoms with Gasteiger partial charge < -0.3 is 10.2 Å². The normalized spacial score (nSPS) is 12.8. The molecule has 146 valence electrons. The van der Waals surface area contributed by atoms with E-state index in [1.54, 1.807) is 12.1 Å². The van der Waals surface area contributed by atoms with Crippen molar-refractivity contribution < 1.29 is 18.1 Å². The lowest BCUT2D eigenvalue weighted by Gasteiger charge is -2.15. The van der Waals surface area contributed by atoms with Gasteiger partial charge in [-0.15, -0.1) is 0 Å². The Labute approximate surface area is 161 Å². The molecular formula is C20H28N3O3S+. The first-order chi connectivity index (χ1) is 12.7. The molecule has 0 aliphatic rings. The van der Waals surface area contributed by atoms with Gasteiger partial charge in [0.15, 0.2) is 6.54 Å². The number of amides is 1. The fraction of sp³-hybridized carbons (Fsp3) is 0.350. The van der Waals surface area contributed by atoms with E-state index in [9.17, 15) is 13.2 Å². The van der Waals surface area contributed by atoms with Crippen molar-refractivity contribution in [3.63, 3.8) is 0 Å². The van der Waals surface area contributed by atoms with E-state index in [1.807, 2.05) is 7.05 Å². The van der Waals surface area contributed by atoms with Crippen LogP contribution in [0.1, 0.15) is 18.1 Å². The number of carbonyl (C=O) groups is 1. The van der Waals surface area contributed by atoms with Gasteiger partial charge in [0.05, 0.1) is 11.9 Å². The second kappa shape index (κ2) is 9.12. The Kier molecular flexibility index (Phi) is 7.12. The highest BCUT2D eigenvalue weighted by atomic mass is 32.2. The number of nitrogens with zero attached hydrogens (tertiary/aromatic N) is 1. The number of aryl methyl sites for hydroxylation is 1. The van der Waals surface area contributed by atoms with Crippen molar-refractivity contribution in [2.75, 3.05) is 33.0 Å². The van der Waals surface area contributed by atoms with Crippen LogP contribution in [0.3, 0.4) is 0 Å². The number of carbonyl (C=O) groups excluding carboxylic acids is 1. The molecule has 2 aromatic carbocycles. The molecule has 0 aliphatic carbocycles. The van der Waals surface area contributed by atoms with Gasteiger partial charge in [-0.1, -0.05) is 31.2 Å². The maximum Gasteiger partial charge on any atom is 0.279 e. The second-order valence-electron chi connectivity index (χ2n) is 6.84. The van der Waals surface area contributed by atoms with E-state index in [2.05, 4.69) is 36.5 Å². The Hall–Kier alpha value is -2.22. The van der Waals surface area contributed by atoms with E-state index >= 15 is 0 Å². The molecular weight excluding hydrogens is 362 g/mol. The molecule has 0 radical (unpaired) electrons. The summed E-state index contributed by atoms with van der Waals surface area (Å²) in [7, 11) is 1.48. The van der Waals surface area contributed by atoms with Crippen LogP contribution in [-0.4, -0.2) is 46.3 Å². The molecule has 1 atom stereocenters. The van der Waals surface area contributed by atoms with E-state index in [1.165, 1.54) is 37.4 Å². The number of benzene rings is 2.